The molecule has 21 heavy (non-hydrogen) atoms. The van der Waals surface area contributed by atoms with Crippen LogP contribution < -0.4 is 10.0 Å². The summed E-state index contributed by atoms with van der Waals surface area (Å²) in [5.41, 5.74) is 2.59. The molecule has 5 nitrogen and oxygen atoms in total. The maximum absolute atomic E-state index is 12.2. The van der Waals surface area contributed by atoms with Crippen molar-refractivity contribution in [2.45, 2.75) is 25.3 Å². The number of aryl methyl sites for hydroxylation is 1. The van der Waals surface area contributed by atoms with Crippen molar-refractivity contribution in [2.24, 2.45) is 0 Å². The molecule has 1 aromatic carbocycles. The number of pyridine rings is 1. The summed E-state index contributed by atoms with van der Waals surface area (Å²) in [5.74, 6) is 0. The SMILES string of the molecule is CCNc1ccc(S(=O)(=O)NCc2ncccc2C)cc1. The van der Waals surface area contributed by atoms with Crippen LogP contribution in [0.25, 0.3) is 0 Å². The third kappa shape index (κ3) is 4.03. The third-order valence-electron chi connectivity index (χ3n) is 3.09. The minimum atomic E-state index is -3.52. The number of sulfonamides is 1. The van der Waals surface area contributed by atoms with Crippen molar-refractivity contribution in [3.8, 4) is 0 Å². The predicted molar refractivity (Wildman–Crippen MR) is 83.6 cm³/mol. The Balaban J connectivity index is 2.09. The summed E-state index contributed by atoms with van der Waals surface area (Å²) in [6.45, 7) is 4.87. The van der Waals surface area contributed by atoms with Crippen molar-refractivity contribution in [1.29, 1.82) is 0 Å². The summed E-state index contributed by atoms with van der Waals surface area (Å²) in [4.78, 5) is 4.42. The quantitative estimate of drug-likeness (QED) is 0.859. The molecule has 2 rings (SSSR count). The second-order valence-corrected chi connectivity index (χ2v) is 6.41. The maximum Gasteiger partial charge on any atom is 0.240 e. The fourth-order valence-electron chi connectivity index (χ4n) is 1.91. The van der Waals surface area contributed by atoms with Crippen molar-refractivity contribution < 1.29 is 8.42 Å². The number of nitrogens with zero attached hydrogens (tertiary/aromatic N) is 1. The molecule has 0 unspecified atom stereocenters. The summed E-state index contributed by atoms with van der Waals surface area (Å²) < 4.78 is 27.0. The zero-order chi connectivity index (χ0) is 15.3. The van der Waals surface area contributed by atoms with Crippen LogP contribution in [0, 0.1) is 6.92 Å². The first kappa shape index (κ1) is 15.5. The topological polar surface area (TPSA) is 71.1 Å². The van der Waals surface area contributed by atoms with Gasteiger partial charge < -0.3 is 5.32 Å². The van der Waals surface area contributed by atoms with E-state index in [1.165, 1.54) is 0 Å². The van der Waals surface area contributed by atoms with Gasteiger partial charge in [0.1, 0.15) is 0 Å². The van der Waals surface area contributed by atoms with E-state index in [0.717, 1.165) is 23.5 Å². The van der Waals surface area contributed by atoms with Crippen LogP contribution in [0.1, 0.15) is 18.2 Å². The molecular weight excluding hydrogens is 286 g/mol. The average molecular weight is 305 g/mol. The number of hydrogen-bond donors (Lipinski definition) is 2. The van der Waals surface area contributed by atoms with Crippen LogP contribution in [-0.4, -0.2) is 19.9 Å². The molecule has 0 spiro atoms. The van der Waals surface area contributed by atoms with Crippen LogP contribution in [-0.2, 0) is 16.6 Å². The molecular formula is C15H19N3O2S. The molecule has 0 aliphatic heterocycles. The molecule has 112 valence electrons. The van der Waals surface area contributed by atoms with Crippen LogP contribution in [0.3, 0.4) is 0 Å². The van der Waals surface area contributed by atoms with Crippen LogP contribution >= 0.6 is 0 Å². The minimum absolute atomic E-state index is 0.184. The van der Waals surface area contributed by atoms with Gasteiger partial charge in [0.25, 0.3) is 0 Å². The van der Waals surface area contributed by atoms with E-state index < -0.39 is 10.0 Å². The van der Waals surface area contributed by atoms with Gasteiger partial charge >= 0.3 is 0 Å². The van der Waals surface area contributed by atoms with Crippen molar-refractivity contribution in [1.82, 2.24) is 9.71 Å². The highest BCUT2D eigenvalue weighted by molar-refractivity contribution is 7.89. The summed E-state index contributed by atoms with van der Waals surface area (Å²) in [6.07, 6.45) is 1.65. The Hall–Kier alpha value is -1.92. The number of nitrogens with one attached hydrogen (secondary N) is 2. The Bertz CT molecular complexity index is 697. The van der Waals surface area contributed by atoms with Gasteiger partial charge in [0, 0.05) is 18.4 Å². The van der Waals surface area contributed by atoms with Crippen molar-refractivity contribution in [3.63, 3.8) is 0 Å². The predicted octanol–water partition coefficient (Wildman–Crippen LogP) is 2.30. The van der Waals surface area contributed by atoms with Crippen molar-refractivity contribution >= 4 is 15.7 Å². The molecule has 2 aromatic rings. The molecule has 0 amide bonds. The molecule has 0 aliphatic rings. The number of rotatable bonds is 6. The molecule has 1 heterocycles. The van der Waals surface area contributed by atoms with E-state index in [4.69, 9.17) is 0 Å². The Morgan fingerprint density at radius 3 is 2.48 bits per heavy atom. The van der Waals surface area contributed by atoms with E-state index >= 15 is 0 Å². The van der Waals surface area contributed by atoms with Gasteiger partial charge in [-0.3, -0.25) is 4.98 Å². The zero-order valence-corrected chi connectivity index (χ0v) is 12.9. The van der Waals surface area contributed by atoms with E-state index in [-0.39, 0.29) is 11.4 Å². The van der Waals surface area contributed by atoms with E-state index in [9.17, 15) is 8.42 Å². The summed E-state index contributed by atoms with van der Waals surface area (Å²) in [5, 5.41) is 3.13. The fourth-order valence-corrected chi connectivity index (χ4v) is 2.89. The highest BCUT2D eigenvalue weighted by Crippen LogP contribution is 2.14. The Labute approximate surface area is 125 Å². The summed E-state index contributed by atoms with van der Waals surface area (Å²) in [6, 6.07) is 10.4. The Morgan fingerprint density at radius 2 is 1.86 bits per heavy atom. The van der Waals surface area contributed by atoms with E-state index in [1.54, 1.807) is 30.5 Å². The number of anilines is 1. The second-order valence-electron chi connectivity index (χ2n) is 4.65. The second kappa shape index (κ2) is 6.69. The van der Waals surface area contributed by atoms with E-state index in [2.05, 4.69) is 15.0 Å². The first-order chi connectivity index (χ1) is 10.0. The highest BCUT2D eigenvalue weighted by Gasteiger charge is 2.14. The van der Waals surface area contributed by atoms with E-state index in [0.29, 0.717) is 0 Å². The summed E-state index contributed by atoms with van der Waals surface area (Å²) in [7, 11) is -3.52. The van der Waals surface area contributed by atoms with Crippen LogP contribution in [0.5, 0.6) is 0 Å². The van der Waals surface area contributed by atoms with Crippen molar-refractivity contribution in [3.05, 3.63) is 53.9 Å². The standard InChI is InChI=1S/C15H19N3O2S/c1-3-16-13-6-8-14(9-7-13)21(19,20)18-11-15-12(2)5-4-10-17-15/h4-10,16,18H,3,11H2,1-2H3. The van der Waals surface area contributed by atoms with Gasteiger partial charge in [-0.15, -0.1) is 0 Å². The van der Waals surface area contributed by atoms with Crippen LogP contribution in [0.15, 0.2) is 47.5 Å². The lowest BCUT2D eigenvalue weighted by molar-refractivity contribution is 0.580. The van der Waals surface area contributed by atoms with Gasteiger partial charge in [0.05, 0.1) is 17.1 Å². The number of hydrogen-bond acceptors (Lipinski definition) is 4. The monoisotopic (exact) mass is 305 g/mol. The molecule has 1 aromatic heterocycles. The highest BCUT2D eigenvalue weighted by atomic mass is 32.2. The molecule has 0 saturated heterocycles. The van der Waals surface area contributed by atoms with Gasteiger partial charge in [-0.05, 0) is 49.7 Å². The first-order valence-electron chi connectivity index (χ1n) is 6.77. The molecule has 0 saturated carbocycles. The molecule has 0 bridgehead atoms. The van der Waals surface area contributed by atoms with Gasteiger partial charge in [-0.1, -0.05) is 6.07 Å². The van der Waals surface area contributed by atoms with Crippen LogP contribution in [0.2, 0.25) is 0 Å². The number of aromatic nitrogens is 1. The lowest BCUT2D eigenvalue weighted by Crippen LogP contribution is -2.24. The molecule has 0 aliphatic carbocycles. The van der Waals surface area contributed by atoms with E-state index in [1.807, 2.05) is 26.0 Å². The Kier molecular flexibility index (Phi) is 4.93. The van der Waals surface area contributed by atoms with Gasteiger partial charge in [0.15, 0.2) is 0 Å². The summed E-state index contributed by atoms with van der Waals surface area (Å²) >= 11 is 0. The first-order valence-corrected chi connectivity index (χ1v) is 8.25. The minimum Gasteiger partial charge on any atom is -0.385 e. The normalized spacial score (nSPS) is 11.3. The van der Waals surface area contributed by atoms with Gasteiger partial charge in [0.2, 0.25) is 10.0 Å². The largest absolute Gasteiger partial charge is 0.385 e. The smallest absolute Gasteiger partial charge is 0.240 e. The molecule has 0 atom stereocenters. The number of benzene rings is 1. The average Bonchev–Trinajstić information content (AvgIpc) is 2.47. The lowest BCUT2D eigenvalue weighted by atomic mass is 10.2. The maximum atomic E-state index is 12.2. The van der Waals surface area contributed by atoms with Crippen LogP contribution in [0.4, 0.5) is 5.69 Å². The molecule has 0 fully saturated rings. The Morgan fingerprint density at radius 1 is 1.14 bits per heavy atom. The zero-order valence-electron chi connectivity index (χ0n) is 12.1. The molecule has 2 N–H and O–H groups in total. The fraction of sp³-hybridized carbons (Fsp3) is 0.267. The molecule has 0 radical (unpaired) electrons. The van der Waals surface area contributed by atoms with Crippen molar-refractivity contribution in [2.75, 3.05) is 11.9 Å². The molecule has 6 heteroatoms. The lowest BCUT2D eigenvalue weighted by Gasteiger charge is -2.09. The van der Waals surface area contributed by atoms with Gasteiger partial charge in [-0.2, -0.15) is 0 Å². The van der Waals surface area contributed by atoms with Gasteiger partial charge in [-0.25, -0.2) is 13.1 Å². The third-order valence-corrected chi connectivity index (χ3v) is 4.51.